The molecule has 0 aliphatic rings. The third-order valence-electron chi connectivity index (χ3n) is 0.708. The predicted octanol–water partition coefficient (Wildman–Crippen LogP) is -1.67. The molecule has 0 rings (SSSR count). The Labute approximate surface area is 80.4 Å². The van der Waals surface area contributed by atoms with Crippen molar-refractivity contribution in [2.75, 3.05) is 0 Å². The molecule has 0 bridgehead atoms. The fraction of sp³-hybridized carbons (Fsp3) is 0.200. The van der Waals surface area contributed by atoms with Gasteiger partial charge in [-0.15, -0.1) is 0 Å². The van der Waals surface area contributed by atoms with Gasteiger partial charge in [0.1, 0.15) is 0 Å². The van der Waals surface area contributed by atoms with Gasteiger partial charge in [0.15, 0.2) is 0 Å². The molecule has 0 atom stereocenters. The normalized spacial score (nSPS) is 11.3. The molecule has 0 aromatic carbocycles. The molecular formula is C5H9I2N2O-. The SMILES string of the molecule is C=C(N/C=C(\C)NO)[I-]I. The van der Waals surface area contributed by atoms with Crippen LogP contribution in [0.5, 0.6) is 0 Å². The summed E-state index contributed by atoms with van der Waals surface area (Å²) in [7, 11) is 0. The molecule has 3 nitrogen and oxygen atoms in total. The summed E-state index contributed by atoms with van der Waals surface area (Å²) in [4.78, 5) is 0. The van der Waals surface area contributed by atoms with Crippen molar-refractivity contribution in [1.82, 2.24) is 10.8 Å². The van der Waals surface area contributed by atoms with Crippen molar-refractivity contribution in [2.24, 2.45) is 0 Å². The van der Waals surface area contributed by atoms with E-state index in [1.54, 1.807) is 13.1 Å². The maximum atomic E-state index is 8.34. The van der Waals surface area contributed by atoms with E-state index in [2.05, 4.69) is 30.5 Å². The second-order valence-corrected chi connectivity index (χ2v) is 6.00. The Morgan fingerprint density at radius 1 is 1.80 bits per heavy atom. The van der Waals surface area contributed by atoms with Crippen molar-refractivity contribution >= 4 is 18.6 Å². The van der Waals surface area contributed by atoms with Crippen molar-refractivity contribution in [3.63, 3.8) is 0 Å². The van der Waals surface area contributed by atoms with Crippen LogP contribution in [0.4, 0.5) is 0 Å². The molecule has 0 heterocycles. The van der Waals surface area contributed by atoms with Gasteiger partial charge in [-0.3, -0.25) is 0 Å². The fourth-order valence-electron chi connectivity index (χ4n) is 0.239. The van der Waals surface area contributed by atoms with Crippen LogP contribution in [0.25, 0.3) is 0 Å². The van der Waals surface area contributed by atoms with Gasteiger partial charge in [-0.25, -0.2) is 0 Å². The predicted molar refractivity (Wildman–Crippen MR) is 45.0 cm³/mol. The number of hydrogen-bond donors (Lipinski definition) is 3. The van der Waals surface area contributed by atoms with Crippen LogP contribution in [0.1, 0.15) is 6.92 Å². The zero-order valence-electron chi connectivity index (χ0n) is 5.49. The van der Waals surface area contributed by atoms with Crippen molar-refractivity contribution in [3.8, 4) is 0 Å². The van der Waals surface area contributed by atoms with E-state index >= 15 is 0 Å². The first kappa shape index (κ1) is 10.5. The van der Waals surface area contributed by atoms with E-state index in [0.717, 1.165) is 3.70 Å². The standard InChI is InChI=1S/C5H9I2N2O/c1-4(9-10)3-8-5(2)7-6/h3,8-10H,2H2,1H3/q-1/b4-3+. The van der Waals surface area contributed by atoms with Crippen LogP contribution < -0.4 is 28.0 Å². The summed E-state index contributed by atoms with van der Waals surface area (Å²) in [6.45, 7) is 5.51. The Balaban J connectivity index is 3.61. The van der Waals surface area contributed by atoms with E-state index in [0.29, 0.717) is 5.70 Å². The number of rotatable bonds is 4. The number of allylic oxidation sites excluding steroid dienone is 1. The second kappa shape index (κ2) is 6.23. The van der Waals surface area contributed by atoms with Gasteiger partial charge in [-0.05, 0) is 0 Å². The molecule has 0 amide bonds. The van der Waals surface area contributed by atoms with Crippen LogP contribution in [-0.2, 0) is 0 Å². The van der Waals surface area contributed by atoms with E-state index in [9.17, 15) is 0 Å². The summed E-state index contributed by atoms with van der Waals surface area (Å²) < 4.78 is 1.02. The Morgan fingerprint density at radius 2 is 2.40 bits per heavy atom. The second-order valence-electron chi connectivity index (χ2n) is 1.56. The number of nitrogens with one attached hydrogen (secondary N) is 2. The van der Waals surface area contributed by atoms with Gasteiger partial charge in [0, 0.05) is 0 Å². The summed E-state index contributed by atoms with van der Waals surface area (Å²) in [6, 6.07) is 0. The molecule has 0 aromatic rings. The minimum atomic E-state index is 0.0178. The number of hydroxylamine groups is 1. The van der Waals surface area contributed by atoms with Crippen LogP contribution in [0.2, 0.25) is 0 Å². The molecule has 0 saturated carbocycles. The van der Waals surface area contributed by atoms with E-state index in [1.165, 1.54) is 0 Å². The Bertz CT molecular complexity index is 147. The first-order chi connectivity index (χ1) is 4.70. The van der Waals surface area contributed by atoms with Gasteiger partial charge in [-0.2, -0.15) is 0 Å². The molecule has 0 aliphatic carbocycles. The van der Waals surface area contributed by atoms with Crippen LogP contribution in [0, 0.1) is 0 Å². The molecule has 10 heavy (non-hydrogen) atoms. The summed E-state index contributed by atoms with van der Waals surface area (Å²) >= 11 is 2.33. The average molecular weight is 367 g/mol. The van der Waals surface area contributed by atoms with Gasteiger partial charge in [-0.1, -0.05) is 0 Å². The first-order valence-corrected chi connectivity index (χ1v) is 9.85. The van der Waals surface area contributed by atoms with Crippen molar-refractivity contribution in [3.05, 3.63) is 22.2 Å². The third-order valence-corrected chi connectivity index (χ3v) is 4.81. The topological polar surface area (TPSA) is 44.3 Å². The molecule has 0 fully saturated rings. The Morgan fingerprint density at radius 3 is 2.80 bits per heavy atom. The van der Waals surface area contributed by atoms with Crippen molar-refractivity contribution in [2.45, 2.75) is 6.92 Å². The van der Waals surface area contributed by atoms with Crippen LogP contribution in [0.3, 0.4) is 0 Å². The molecule has 60 valence electrons. The van der Waals surface area contributed by atoms with Gasteiger partial charge in [0.25, 0.3) is 0 Å². The quantitative estimate of drug-likeness (QED) is 0.316. The summed E-state index contributed by atoms with van der Waals surface area (Å²) in [6.07, 6.45) is 1.68. The molecular weight excluding hydrogens is 358 g/mol. The minimum absolute atomic E-state index is 0.0178. The van der Waals surface area contributed by atoms with E-state index in [4.69, 9.17) is 5.21 Å². The average Bonchev–Trinajstić information content (AvgIpc) is 1.99. The molecule has 0 aliphatic heterocycles. The molecule has 3 N–H and O–H groups in total. The first-order valence-electron chi connectivity index (χ1n) is 2.49. The van der Waals surface area contributed by atoms with Gasteiger partial charge in [0.2, 0.25) is 0 Å². The Kier molecular flexibility index (Phi) is 6.54. The summed E-state index contributed by atoms with van der Waals surface area (Å²) in [5.74, 6) is 0. The van der Waals surface area contributed by atoms with Crippen LogP contribution in [0.15, 0.2) is 22.2 Å². The van der Waals surface area contributed by atoms with E-state index in [-0.39, 0.29) is 17.2 Å². The van der Waals surface area contributed by atoms with E-state index < -0.39 is 0 Å². The zero-order chi connectivity index (χ0) is 7.98. The van der Waals surface area contributed by atoms with Gasteiger partial charge < -0.3 is 0 Å². The maximum absolute atomic E-state index is 8.34. The van der Waals surface area contributed by atoms with Crippen LogP contribution in [-0.4, -0.2) is 5.21 Å². The molecule has 0 unspecified atom stereocenters. The van der Waals surface area contributed by atoms with Crippen molar-refractivity contribution < 1.29 is 22.4 Å². The Hall–Kier alpha value is 0.500. The van der Waals surface area contributed by atoms with Gasteiger partial charge >= 0.3 is 81.0 Å². The zero-order valence-corrected chi connectivity index (χ0v) is 9.80. The number of hydrogen-bond acceptors (Lipinski definition) is 3. The molecule has 0 aromatic heterocycles. The van der Waals surface area contributed by atoms with E-state index in [1.807, 2.05) is 5.48 Å². The third kappa shape index (κ3) is 5.30. The van der Waals surface area contributed by atoms with Crippen LogP contribution >= 0.6 is 18.6 Å². The summed E-state index contributed by atoms with van der Waals surface area (Å²) in [5.41, 5.74) is 2.69. The van der Waals surface area contributed by atoms with Crippen molar-refractivity contribution in [1.29, 1.82) is 0 Å². The molecule has 0 saturated heterocycles. The molecule has 0 spiro atoms. The molecule has 0 radical (unpaired) electrons. The number of halogens is 2. The monoisotopic (exact) mass is 367 g/mol. The molecule has 5 heteroatoms. The summed E-state index contributed by atoms with van der Waals surface area (Å²) in [5, 5.41) is 11.3. The fourth-order valence-corrected chi connectivity index (χ4v) is 1.30. The van der Waals surface area contributed by atoms with Gasteiger partial charge in [0.05, 0.1) is 0 Å².